The molecule has 1 rings (SSSR count). The van der Waals surface area contributed by atoms with Crippen molar-refractivity contribution in [1.82, 2.24) is 0 Å². The molecule has 1 aromatic rings. The SMILES string of the molecule is Cc1cc(C(O)C(O)CCS)ccc1C#N. The van der Waals surface area contributed by atoms with Crippen LogP contribution in [0.5, 0.6) is 0 Å². The van der Waals surface area contributed by atoms with Gasteiger partial charge in [-0.3, -0.25) is 0 Å². The highest BCUT2D eigenvalue weighted by atomic mass is 32.1. The summed E-state index contributed by atoms with van der Waals surface area (Å²) in [4.78, 5) is 0. The Labute approximate surface area is 101 Å². The van der Waals surface area contributed by atoms with E-state index in [1.807, 2.05) is 0 Å². The van der Waals surface area contributed by atoms with E-state index in [4.69, 9.17) is 5.26 Å². The first-order valence-corrected chi connectivity index (χ1v) is 5.71. The number of aliphatic hydroxyl groups is 2. The number of thiol groups is 1. The molecule has 0 saturated heterocycles. The average molecular weight is 237 g/mol. The lowest BCUT2D eigenvalue weighted by atomic mass is 9.98. The molecule has 2 unspecified atom stereocenters. The van der Waals surface area contributed by atoms with E-state index in [2.05, 4.69) is 18.7 Å². The summed E-state index contributed by atoms with van der Waals surface area (Å²) in [5, 5.41) is 28.2. The molecule has 16 heavy (non-hydrogen) atoms. The number of nitriles is 1. The van der Waals surface area contributed by atoms with E-state index >= 15 is 0 Å². The molecule has 0 aromatic heterocycles. The molecule has 1 aromatic carbocycles. The van der Waals surface area contributed by atoms with Crippen LogP contribution in [-0.2, 0) is 0 Å². The lowest BCUT2D eigenvalue weighted by molar-refractivity contribution is 0.0172. The van der Waals surface area contributed by atoms with Crippen molar-refractivity contribution in [1.29, 1.82) is 5.26 Å². The third-order valence-electron chi connectivity index (χ3n) is 2.50. The third kappa shape index (κ3) is 2.99. The maximum absolute atomic E-state index is 9.84. The Bertz CT molecular complexity index is 400. The molecule has 0 aliphatic heterocycles. The third-order valence-corrected chi connectivity index (χ3v) is 2.76. The van der Waals surface area contributed by atoms with Crippen LogP contribution in [0.15, 0.2) is 18.2 Å². The van der Waals surface area contributed by atoms with Crippen molar-refractivity contribution in [2.75, 3.05) is 5.75 Å². The second-order valence-corrected chi connectivity index (χ2v) is 4.16. The fraction of sp³-hybridized carbons (Fsp3) is 0.417. The van der Waals surface area contributed by atoms with Gasteiger partial charge in [0, 0.05) is 0 Å². The summed E-state index contributed by atoms with van der Waals surface area (Å²) in [6, 6.07) is 7.11. The van der Waals surface area contributed by atoms with Gasteiger partial charge in [0.05, 0.1) is 17.7 Å². The second kappa shape index (κ2) is 5.90. The first-order valence-electron chi connectivity index (χ1n) is 5.07. The van der Waals surface area contributed by atoms with Gasteiger partial charge in [0.15, 0.2) is 0 Å². The van der Waals surface area contributed by atoms with Crippen molar-refractivity contribution in [2.45, 2.75) is 25.6 Å². The van der Waals surface area contributed by atoms with Gasteiger partial charge >= 0.3 is 0 Å². The highest BCUT2D eigenvalue weighted by molar-refractivity contribution is 7.80. The van der Waals surface area contributed by atoms with Gasteiger partial charge in [-0.05, 0) is 36.3 Å². The molecular weight excluding hydrogens is 222 g/mol. The number of benzene rings is 1. The zero-order valence-electron chi connectivity index (χ0n) is 9.09. The molecule has 0 aliphatic carbocycles. The molecule has 0 radical (unpaired) electrons. The summed E-state index contributed by atoms with van der Waals surface area (Å²) in [6.07, 6.45) is -1.30. The Balaban J connectivity index is 2.89. The van der Waals surface area contributed by atoms with Crippen LogP contribution >= 0.6 is 12.6 Å². The van der Waals surface area contributed by atoms with E-state index in [1.165, 1.54) is 0 Å². The van der Waals surface area contributed by atoms with Gasteiger partial charge in [0.2, 0.25) is 0 Å². The van der Waals surface area contributed by atoms with E-state index in [-0.39, 0.29) is 0 Å². The van der Waals surface area contributed by atoms with Crippen molar-refractivity contribution < 1.29 is 10.2 Å². The molecule has 0 amide bonds. The number of nitrogens with zero attached hydrogens (tertiary/aromatic N) is 1. The molecule has 0 saturated carbocycles. The zero-order valence-corrected chi connectivity index (χ0v) is 9.98. The molecular formula is C12H15NO2S. The minimum Gasteiger partial charge on any atom is -0.390 e. The van der Waals surface area contributed by atoms with E-state index < -0.39 is 12.2 Å². The Morgan fingerprint density at radius 2 is 2.12 bits per heavy atom. The molecule has 2 N–H and O–H groups in total. The van der Waals surface area contributed by atoms with E-state index in [0.29, 0.717) is 23.3 Å². The van der Waals surface area contributed by atoms with Crippen LogP contribution in [0.25, 0.3) is 0 Å². The van der Waals surface area contributed by atoms with Gasteiger partial charge in [-0.25, -0.2) is 0 Å². The molecule has 3 nitrogen and oxygen atoms in total. The molecule has 0 aliphatic rings. The molecule has 86 valence electrons. The molecule has 0 fully saturated rings. The van der Waals surface area contributed by atoms with E-state index in [0.717, 1.165) is 5.56 Å². The summed E-state index contributed by atoms with van der Waals surface area (Å²) in [7, 11) is 0. The molecule has 0 bridgehead atoms. The maximum atomic E-state index is 9.84. The maximum Gasteiger partial charge on any atom is 0.105 e. The fourth-order valence-electron chi connectivity index (χ4n) is 1.51. The molecule has 0 spiro atoms. The summed E-state index contributed by atoms with van der Waals surface area (Å²) in [5.74, 6) is 0.521. The van der Waals surface area contributed by atoms with Gasteiger partial charge in [-0.15, -0.1) is 0 Å². The van der Waals surface area contributed by atoms with Crippen molar-refractivity contribution in [3.63, 3.8) is 0 Å². The van der Waals surface area contributed by atoms with Crippen LogP contribution in [-0.4, -0.2) is 22.1 Å². The van der Waals surface area contributed by atoms with Gasteiger partial charge in [0.25, 0.3) is 0 Å². The Hall–Kier alpha value is -1.02. The quantitative estimate of drug-likeness (QED) is 0.697. The van der Waals surface area contributed by atoms with Crippen LogP contribution in [0.1, 0.15) is 29.2 Å². The zero-order chi connectivity index (χ0) is 12.1. The number of aliphatic hydroxyl groups excluding tert-OH is 2. The summed E-state index contributed by atoms with van der Waals surface area (Å²) >= 11 is 4.00. The number of aryl methyl sites for hydroxylation is 1. The van der Waals surface area contributed by atoms with Crippen LogP contribution in [0, 0.1) is 18.3 Å². The van der Waals surface area contributed by atoms with Gasteiger partial charge < -0.3 is 10.2 Å². The van der Waals surface area contributed by atoms with Crippen molar-refractivity contribution >= 4 is 12.6 Å². The number of hydrogen-bond donors (Lipinski definition) is 3. The van der Waals surface area contributed by atoms with Crippen LogP contribution in [0.3, 0.4) is 0 Å². The molecule has 0 heterocycles. The monoisotopic (exact) mass is 237 g/mol. The van der Waals surface area contributed by atoms with Crippen LogP contribution in [0.4, 0.5) is 0 Å². The van der Waals surface area contributed by atoms with E-state index in [1.54, 1.807) is 25.1 Å². The van der Waals surface area contributed by atoms with Gasteiger partial charge in [-0.2, -0.15) is 17.9 Å². The Kier molecular flexibility index (Phi) is 4.81. The predicted octanol–water partition coefficient (Wildman–Crippen LogP) is 1.58. The second-order valence-electron chi connectivity index (χ2n) is 3.71. The highest BCUT2D eigenvalue weighted by Crippen LogP contribution is 2.21. The summed E-state index contributed by atoms with van der Waals surface area (Å²) in [6.45, 7) is 1.81. The fourth-order valence-corrected chi connectivity index (χ4v) is 1.77. The minimum atomic E-state index is -0.918. The average Bonchev–Trinajstić information content (AvgIpc) is 2.28. The smallest absolute Gasteiger partial charge is 0.105 e. The van der Waals surface area contributed by atoms with Gasteiger partial charge in [-0.1, -0.05) is 12.1 Å². The van der Waals surface area contributed by atoms with Crippen molar-refractivity contribution in [2.24, 2.45) is 0 Å². The molecule has 4 heteroatoms. The standard InChI is InChI=1S/C12H15NO2S/c1-8-6-9(2-3-10(8)7-13)12(15)11(14)4-5-16/h2-3,6,11-12,14-16H,4-5H2,1H3. The lowest BCUT2D eigenvalue weighted by Gasteiger charge is -2.17. The van der Waals surface area contributed by atoms with Crippen molar-refractivity contribution in [3.8, 4) is 6.07 Å². The lowest BCUT2D eigenvalue weighted by Crippen LogP contribution is -2.18. The van der Waals surface area contributed by atoms with E-state index in [9.17, 15) is 10.2 Å². The topological polar surface area (TPSA) is 64.2 Å². The highest BCUT2D eigenvalue weighted by Gasteiger charge is 2.17. The predicted molar refractivity (Wildman–Crippen MR) is 65.3 cm³/mol. The number of rotatable bonds is 4. The van der Waals surface area contributed by atoms with Gasteiger partial charge in [0.1, 0.15) is 6.10 Å². The Morgan fingerprint density at radius 3 is 2.62 bits per heavy atom. The summed E-state index contributed by atoms with van der Waals surface area (Å²) in [5.41, 5.74) is 2.02. The largest absolute Gasteiger partial charge is 0.390 e. The normalized spacial score (nSPS) is 14.2. The first kappa shape index (κ1) is 13.0. The number of hydrogen-bond acceptors (Lipinski definition) is 4. The van der Waals surface area contributed by atoms with Crippen LogP contribution < -0.4 is 0 Å². The Morgan fingerprint density at radius 1 is 1.44 bits per heavy atom. The first-order chi connectivity index (χ1) is 7.60. The minimum absolute atomic E-state index is 0.434. The van der Waals surface area contributed by atoms with Crippen LogP contribution in [0.2, 0.25) is 0 Å². The van der Waals surface area contributed by atoms with Crippen molar-refractivity contribution in [3.05, 3.63) is 34.9 Å². The summed E-state index contributed by atoms with van der Waals surface area (Å²) < 4.78 is 0. The molecule has 2 atom stereocenters.